The first-order chi connectivity index (χ1) is 23.9. The van der Waals surface area contributed by atoms with E-state index in [4.69, 9.17) is 10.5 Å². The Morgan fingerprint density at radius 3 is 2.43 bits per heavy atom. The fraction of sp³-hybridized carbons (Fsp3) is 0.417. The summed E-state index contributed by atoms with van der Waals surface area (Å²) in [5, 5.41) is 10.8. The number of halogens is 1. The Kier molecular flexibility index (Phi) is 9.92. The van der Waals surface area contributed by atoms with E-state index >= 15 is 0 Å². The number of ether oxygens (including phenoxy) is 1. The Balaban J connectivity index is 0.960. The molecule has 0 aliphatic carbocycles. The van der Waals surface area contributed by atoms with Gasteiger partial charge in [0.25, 0.3) is 5.91 Å². The van der Waals surface area contributed by atoms with Crippen molar-refractivity contribution >= 4 is 23.4 Å². The predicted octanol–water partition coefficient (Wildman–Crippen LogP) is 3.78. The SMILES string of the molecule is Nc1ncc(-c2cnn(C3CCN(CCCN4CC5CNCC5C4)CC3)c2)nc1C(=O)O[C@@H](C(=O)Nc1ccc(F)cc1)c1ccccc1. The van der Waals surface area contributed by atoms with Gasteiger partial charge < -0.3 is 30.9 Å². The number of hydrogen-bond acceptors (Lipinski definition) is 10. The third kappa shape index (κ3) is 7.79. The van der Waals surface area contributed by atoms with Gasteiger partial charge in [-0.2, -0.15) is 5.10 Å². The number of nitrogen functional groups attached to an aromatic ring is 1. The van der Waals surface area contributed by atoms with Crippen LogP contribution in [0.5, 0.6) is 0 Å². The number of nitrogens with zero attached hydrogens (tertiary/aromatic N) is 6. The third-order valence-corrected chi connectivity index (χ3v) is 9.91. The van der Waals surface area contributed by atoms with Gasteiger partial charge in [0.1, 0.15) is 5.82 Å². The Hall–Kier alpha value is -4.72. The van der Waals surface area contributed by atoms with Crippen LogP contribution in [0.3, 0.4) is 0 Å². The van der Waals surface area contributed by atoms with Crippen LogP contribution in [-0.2, 0) is 9.53 Å². The van der Waals surface area contributed by atoms with Gasteiger partial charge in [-0.05, 0) is 81.5 Å². The zero-order chi connectivity index (χ0) is 33.7. The quantitative estimate of drug-likeness (QED) is 0.202. The lowest BCUT2D eigenvalue weighted by Crippen LogP contribution is -2.37. The molecular weight excluding hydrogens is 625 g/mol. The molecule has 5 heterocycles. The smallest absolute Gasteiger partial charge is 0.361 e. The fourth-order valence-corrected chi connectivity index (χ4v) is 7.22. The number of rotatable bonds is 11. The van der Waals surface area contributed by atoms with Gasteiger partial charge in [0.05, 0.1) is 24.1 Å². The highest BCUT2D eigenvalue weighted by Crippen LogP contribution is 2.28. The minimum Gasteiger partial charge on any atom is -0.442 e. The molecule has 0 bridgehead atoms. The molecule has 1 amide bonds. The minimum atomic E-state index is -1.32. The Morgan fingerprint density at radius 2 is 1.69 bits per heavy atom. The number of carbonyl (C=O) groups is 2. The van der Waals surface area contributed by atoms with Crippen molar-refractivity contribution in [2.24, 2.45) is 11.8 Å². The first-order valence-electron chi connectivity index (χ1n) is 17.0. The number of likely N-dealkylation sites (tertiary alicyclic amines) is 2. The van der Waals surface area contributed by atoms with E-state index in [1.807, 2.05) is 10.9 Å². The number of hydrogen-bond donors (Lipinski definition) is 3. The van der Waals surface area contributed by atoms with Crippen LogP contribution in [0, 0.1) is 17.7 Å². The minimum absolute atomic E-state index is 0.121. The van der Waals surface area contributed by atoms with Gasteiger partial charge in [-0.25, -0.2) is 19.2 Å². The van der Waals surface area contributed by atoms with E-state index in [1.54, 1.807) is 36.5 Å². The second-order valence-electron chi connectivity index (χ2n) is 13.3. The topological polar surface area (TPSA) is 144 Å². The number of nitrogens with one attached hydrogen (secondary N) is 2. The summed E-state index contributed by atoms with van der Waals surface area (Å²) in [6.07, 6.45) is 7.03. The van der Waals surface area contributed by atoms with Crippen LogP contribution in [0.25, 0.3) is 11.3 Å². The largest absolute Gasteiger partial charge is 0.442 e. The average molecular weight is 668 g/mol. The number of carbonyl (C=O) groups excluding carboxylic acids is 2. The summed E-state index contributed by atoms with van der Waals surface area (Å²) in [6, 6.07) is 14.2. The van der Waals surface area contributed by atoms with Crippen molar-refractivity contribution in [1.29, 1.82) is 0 Å². The molecule has 3 atom stereocenters. The van der Waals surface area contributed by atoms with Crippen LogP contribution < -0.4 is 16.4 Å². The lowest BCUT2D eigenvalue weighted by molar-refractivity contribution is -0.125. The van der Waals surface area contributed by atoms with E-state index in [1.165, 1.54) is 69.6 Å². The maximum atomic E-state index is 13.4. The first-order valence-corrected chi connectivity index (χ1v) is 17.0. The normalized spacial score (nSPS) is 20.6. The maximum Gasteiger partial charge on any atom is 0.361 e. The van der Waals surface area contributed by atoms with E-state index in [0.29, 0.717) is 22.5 Å². The molecule has 3 aliphatic heterocycles. The third-order valence-electron chi connectivity index (χ3n) is 9.91. The Labute approximate surface area is 284 Å². The van der Waals surface area contributed by atoms with E-state index in [2.05, 4.69) is 35.5 Å². The van der Waals surface area contributed by atoms with Crippen LogP contribution in [0.4, 0.5) is 15.9 Å². The van der Waals surface area contributed by atoms with E-state index < -0.39 is 23.8 Å². The monoisotopic (exact) mass is 667 g/mol. The number of piperidine rings is 1. The van der Waals surface area contributed by atoms with Crippen molar-refractivity contribution < 1.29 is 18.7 Å². The molecule has 0 saturated carbocycles. The van der Waals surface area contributed by atoms with E-state index in [9.17, 15) is 14.0 Å². The highest BCUT2D eigenvalue weighted by molar-refractivity contribution is 5.99. The average Bonchev–Trinajstić information content (AvgIpc) is 3.87. The molecule has 4 aromatic rings. The highest BCUT2D eigenvalue weighted by Gasteiger charge is 2.35. The molecule has 256 valence electrons. The molecule has 3 aliphatic rings. The highest BCUT2D eigenvalue weighted by atomic mass is 19.1. The van der Waals surface area contributed by atoms with Crippen molar-refractivity contribution in [3.8, 4) is 11.3 Å². The summed E-state index contributed by atoms with van der Waals surface area (Å²) >= 11 is 0. The number of nitrogens with two attached hydrogens (primary N) is 1. The van der Waals surface area contributed by atoms with Crippen molar-refractivity contribution in [1.82, 2.24) is 34.9 Å². The van der Waals surface area contributed by atoms with Gasteiger partial charge >= 0.3 is 5.97 Å². The van der Waals surface area contributed by atoms with E-state index in [-0.39, 0.29) is 17.6 Å². The number of esters is 1. The molecule has 4 N–H and O–H groups in total. The lowest BCUT2D eigenvalue weighted by atomic mass is 10.0. The molecule has 12 nitrogen and oxygen atoms in total. The fourth-order valence-electron chi connectivity index (χ4n) is 7.22. The zero-order valence-electron chi connectivity index (χ0n) is 27.4. The summed E-state index contributed by atoms with van der Waals surface area (Å²) in [7, 11) is 0. The number of anilines is 2. The number of aromatic nitrogens is 4. The zero-order valence-corrected chi connectivity index (χ0v) is 27.4. The molecule has 0 spiro atoms. The molecule has 2 unspecified atom stereocenters. The summed E-state index contributed by atoms with van der Waals surface area (Å²) in [4.78, 5) is 40.6. The number of fused-ring (bicyclic) bond motifs is 1. The summed E-state index contributed by atoms with van der Waals surface area (Å²) in [5.74, 6) is -0.396. The van der Waals surface area contributed by atoms with Crippen molar-refractivity contribution in [3.05, 3.63) is 90.3 Å². The predicted molar refractivity (Wildman–Crippen MR) is 183 cm³/mol. The molecule has 7 rings (SSSR count). The van der Waals surface area contributed by atoms with Crippen LogP contribution in [-0.4, -0.2) is 93.8 Å². The molecule has 3 saturated heterocycles. The molecule has 13 heteroatoms. The number of amides is 1. The molecular formula is C36H42FN9O3. The second-order valence-corrected chi connectivity index (χ2v) is 13.3. The molecule has 49 heavy (non-hydrogen) atoms. The van der Waals surface area contributed by atoms with Gasteiger partial charge in [-0.15, -0.1) is 0 Å². The molecule has 2 aromatic heterocycles. The van der Waals surface area contributed by atoms with E-state index in [0.717, 1.165) is 44.3 Å². The van der Waals surface area contributed by atoms with Gasteiger partial charge in [-0.3, -0.25) is 9.48 Å². The number of benzene rings is 2. The van der Waals surface area contributed by atoms with Crippen molar-refractivity contribution in [3.63, 3.8) is 0 Å². The Bertz CT molecular complexity index is 1730. The van der Waals surface area contributed by atoms with Crippen LogP contribution in [0.15, 0.2) is 73.2 Å². The van der Waals surface area contributed by atoms with Gasteiger partial charge in [0.15, 0.2) is 11.5 Å². The first kappa shape index (κ1) is 32.8. The molecule has 0 radical (unpaired) electrons. The van der Waals surface area contributed by atoms with Gasteiger partial charge in [0.2, 0.25) is 6.10 Å². The van der Waals surface area contributed by atoms with Crippen LogP contribution in [0.2, 0.25) is 0 Å². The maximum absolute atomic E-state index is 13.4. The summed E-state index contributed by atoms with van der Waals surface area (Å²) in [6.45, 7) is 9.22. The van der Waals surface area contributed by atoms with Crippen LogP contribution in [0.1, 0.15) is 47.5 Å². The van der Waals surface area contributed by atoms with Gasteiger partial charge in [-0.1, -0.05) is 30.3 Å². The summed E-state index contributed by atoms with van der Waals surface area (Å²) < 4.78 is 21.1. The standard InChI is InChI=1S/C36H42FN9O3/c37-28-7-9-29(10-8-28)42-35(47)33(24-5-2-1-3-6-24)49-36(48)32-34(38)40-20-31(43-32)27-19-41-46(23-27)30-11-15-44(16-12-30)13-4-14-45-21-25-17-39-18-26(25)22-45/h1-3,5-10,19-20,23,25-26,30,33,39H,4,11-18,21-22H2,(H2,38,40)(H,42,47)/t25?,26?,33-/m1/s1. The van der Waals surface area contributed by atoms with Crippen molar-refractivity contribution in [2.45, 2.75) is 31.4 Å². The lowest BCUT2D eigenvalue weighted by Gasteiger charge is -2.32. The molecule has 3 fully saturated rings. The van der Waals surface area contributed by atoms with Crippen LogP contribution >= 0.6 is 0 Å². The second kappa shape index (κ2) is 14.8. The molecule has 2 aromatic carbocycles. The summed E-state index contributed by atoms with van der Waals surface area (Å²) in [5.41, 5.74) is 7.78. The van der Waals surface area contributed by atoms with Gasteiger partial charge in [0, 0.05) is 49.2 Å². The van der Waals surface area contributed by atoms with Crippen molar-refractivity contribution in [2.75, 3.05) is 63.4 Å². The Morgan fingerprint density at radius 1 is 0.980 bits per heavy atom.